The second kappa shape index (κ2) is 7.88. The lowest BCUT2D eigenvalue weighted by molar-refractivity contribution is 0.586. The van der Waals surface area contributed by atoms with Crippen LogP contribution in [0.15, 0.2) is 31.0 Å². The average molecular weight is 247 g/mol. The molecule has 0 aliphatic rings. The molecule has 0 aliphatic heterocycles. The standard InChI is InChI=1S/C15H25N3/c1-5-10-18(11-6-2)15-14(8-7-9-16-15)12-17-13(3)4/h5,7-9,13,17H,1,6,10-12H2,2-4H3. The van der Waals surface area contributed by atoms with Crippen molar-refractivity contribution < 1.29 is 0 Å². The first kappa shape index (κ1) is 14.7. The summed E-state index contributed by atoms with van der Waals surface area (Å²) in [5.74, 6) is 1.08. The minimum Gasteiger partial charge on any atom is -0.353 e. The van der Waals surface area contributed by atoms with E-state index in [1.54, 1.807) is 0 Å². The lowest BCUT2D eigenvalue weighted by Gasteiger charge is -2.24. The molecule has 0 aliphatic carbocycles. The van der Waals surface area contributed by atoms with E-state index < -0.39 is 0 Å². The average Bonchev–Trinajstić information content (AvgIpc) is 2.36. The maximum atomic E-state index is 4.53. The van der Waals surface area contributed by atoms with Gasteiger partial charge in [-0.25, -0.2) is 4.98 Å². The van der Waals surface area contributed by atoms with Gasteiger partial charge in [0.15, 0.2) is 0 Å². The first-order valence-electron chi connectivity index (χ1n) is 6.72. The number of nitrogens with zero attached hydrogens (tertiary/aromatic N) is 2. The Morgan fingerprint density at radius 1 is 1.50 bits per heavy atom. The third kappa shape index (κ3) is 4.49. The minimum absolute atomic E-state index is 0.483. The van der Waals surface area contributed by atoms with Crippen LogP contribution < -0.4 is 10.2 Å². The number of aromatic nitrogens is 1. The van der Waals surface area contributed by atoms with Crippen molar-refractivity contribution in [3.8, 4) is 0 Å². The summed E-state index contributed by atoms with van der Waals surface area (Å²) in [5.41, 5.74) is 1.25. The summed E-state index contributed by atoms with van der Waals surface area (Å²) >= 11 is 0. The maximum Gasteiger partial charge on any atom is 0.133 e. The largest absolute Gasteiger partial charge is 0.353 e. The molecular formula is C15H25N3. The first-order valence-corrected chi connectivity index (χ1v) is 6.72. The fraction of sp³-hybridized carbons (Fsp3) is 0.533. The van der Waals surface area contributed by atoms with Gasteiger partial charge in [-0.1, -0.05) is 32.9 Å². The molecule has 0 saturated heterocycles. The van der Waals surface area contributed by atoms with Gasteiger partial charge in [0.1, 0.15) is 5.82 Å². The molecule has 18 heavy (non-hydrogen) atoms. The van der Waals surface area contributed by atoms with Gasteiger partial charge in [-0.15, -0.1) is 6.58 Å². The second-order valence-corrected chi connectivity index (χ2v) is 4.76. The van der Waals surface area contributed by atoms with Crippen LogP contribution in [0.1, 0.15) is 32.8 Å². The highest BCUT2D eigenvalue weighted by Gasteiger charge is 2.10. The van der Waals surface area contributed by atoms with Crippen molar-refractivity contribution in [3.05, 3.63) is 36.5 Å². The Bertz CT molecular complexity index is 361. The van der Waals surface area contributed by atoms with Crippen LogP contribution in [0.5, 0.6) is 0 Å². The van der Waals surface area contributed by atoms with Gasteiger partial charge in [0.25, 0.3) is 0 Å². The lowest BCUT2D eigenvalue weighted by atomic mass is 10.2. The molecule has 0 amide bonds. The molecular weight excluding hydrogens is 222 g/mol. The summed E-state index contributed by atoms with van der Waals surface area (Å²) in [7, 11) is 0. The Morgan fingerprint density at radius 2 is 2.28 bits per heavy atom. The number of anilines is 1. The summed E-state index contributed by atoms with van der Waals surface area (Å²) in [5, 5.41) is 3.45. The zero-order valence-corrected chi connectivity index (χ0v) is 11.8. The summed E-state index contributed by atoms with van der Waals surface area (Å²) in [4.78, 5) is 6.81. The van der Waals surface area contributed by atoms with Crippen LogP contribution in [0.25, 0.3) is 0 Å². The van der Waals surface area contributed by atoms with Gasteiger partial charge in [0, 0.05) is 37.4 Å². The fourth-order valence-electron chi connectivity index (χ4n) is 1.88. The Morgan fingerprint density at radius 3 is 2.89 bits per heavy atom. The van der Waals surface area contributed by atoms with Crippen molar-refractivity contribution in [2.75, 3.05) is 18.0 Å². The van der Waals surface area contributed by atoms with Gasteiger partial charge in [-0.2, -0.15) is 0 Å². The van der Waals surface area contributed by atoms with Crippen LogP contribution >= 0.6 is 0 Å². The van der Waals surface area contributed by atoms with Crippen molar-refractivity contribution in [2.45, 2.75) is 39.8 Å². The molecule has 1 aromatic heterocycles. The smallest absolute Gasteiger partial charge is 0.133 e. The van der Waals surface area contributed by atoms with E-state index in [0.717, 1.165) is 31.9 Å². The Labute approximate surface area is 111 Å². The molecule has 3 heteroatoms. The molecule has 1 aromatic rings. The molecule has 0 fully saturated rings. The third-order valence-electron chi connectivity index (χ3n) is 2.71. The van der Waals surface area contributed by atoms with Gasteiger partial charge >= 0.3 is 0 Å². The molecule has 100 valence electrons. The molecule has 0 aromatic carbocycles. The lowest BCUT2D eigenvalue weighted by Crippen LogP contribution is -2.28. The predicted octanol–water partition coefficient (Wildman–Crippen LogP) is 2.98. The quantitative estimate of drug-likeness (QED) is 0.716. The zero-order valence-electron chi connectivity index (χ0n) is 11.8. The molecule has 1 heterocycles. The monoisotopic (exact) mass is 247 g/mol. The summed E-state index contributed by atoms with van der Waals surface area (Å²) in [6.45, 7) is 13.0. The van der Waals surface area contributed by atoms with E-state index in [9.17, 15) is 0 Å². The van der Waals surface area contributed by atoms with Crippen LogP contribution in [0.2, 0.25) is 0 Å². The number of hydrogen-bond donors (Lipinski definition) is 1. The van der Waals surface area contributed by atoms with E-state index in [0.29, 0.717) is 6.04 Å². The predicted molar refractivity (Wildman–Crippen MR) is 78.9 cm³/mol. The summed E-state index contributed by atoms with van der Waals surface area (Å²) in [6.07, 6.45) is 4.91. The van der Waals surface area contributed by atoms with Crippen molar-refractivity contribution in [1.82, 2.24) is 10.3 Å². The van der Waals surface area contributed by atoms with Crippen LogP contribution in [0.3, 0.4) is 0 Å². The van der Waals surface area contributed by atoms with E-state index in [4.69, 9.17) is 0 Å². The zero-order chi connectivity index (χ0) is 13.4. The third-order valence-corrected chi connectivity index (χ3v) is 2.71. The number of hydrogen-bond acceptors (Lipinski definition) is 3. The van der Waals surface area contributed by atoms with E-state index in [1.165, 1.54) is 5.56 Å². The molecule has 0 atom stereocenters. The highest BCUT2D eigenvalue weighted by atomic mass is 15.2. The Kier molecular flexibility index (Phi) is 6.44. The van der Waals surface area contributed by atoms with E-state index >= 15 is 0 Å². The number of rotatable bonds is 8. The fourth-order valence-corrected chi connectivity index (χ4v) is 1.88. The molecule has 3 nitrogen and oxygen atoms in total. The van der Waals surface area contributed by atoms with Gasteiger partial charge < -0.3 is 10.2 Å². The van der Waals surface area contributed by atoms with E-state index in [1.807, 2.05) is 18.3 Å². The molecule has 0 unspecified atom stereocenters. The second-order valence-electron chi connectivity index (χ2n) is 4.76. The highest BCUT2D eigenvalue weighted by molar-refractivity contribution is 5.47. The van der Waals surface area contributed by atoms with Crippen LogP contribution in [-0.2, 0) is 6.54 Å². The molecule has 1 N–H and O–H groups in total. The summed E-state index contributed by atoms with van der Waals surface area (Å²) in [6, 6.07) is 4.62. The normalized spacial score (nSPS) is 10.7. The number of nitrogens with one attached hydrogen (secondary N) is 1. The molecule has 0 spiro atoms. The molecule has 0 bridgehead atoms. The van der Waals surface area contributed by atoms with Crippen molar-refractivity contribution in [1.29, 1.82) is 0 Å². The van der Waals surface area contributed by atoms with Crippen molar-refractivity contribution in [2.24, 2.45) is 0 Å². The van der Waals surface area contributed by atoms with Crippen molar-refractivity contribution in [3.63, 3.8) is 0 Å². The minimum atomic E-state index is 0.483. The molecule has 1 rings (SSSR count). The van der Waals surface area contributed by atoms with Crippen LogP contribution in [0.4, 0.5) is 5.82 Å². The maximum absolute atomic E-state index is 4.53. The van der Waals surface area contributed by atoms with Gasteiger partial charge in [-0.3, -0.25) is 0 Å². The SMILES string of the molecule is C=CCN(CCC)c1ncccc1CNC(C)C. The van der Waals surface area contributed by atoms with Gasteiger partial charge in [0.05, 0.1) is 0 Å². The first-order chi connectivity index (χ1) is 8.69. The van der Waals surface area contributed by atoms with Gasteiger partial charge in [-0.05, 0) is 12.5 Å². The topological polar surface area (TPSA) is 28.2 Å². The molecule has 0 saturated carbocycles. The van der Waals surface area contributed by atoms with Gasteiger partial charge in [0.2, 0.25) is 0 Å². The number of pyridine rings is 1. The Balaban J connectivity index is 2.86. The van der Waals surface area contributed by atoms with Crippen LogP contribution in [0, 0.1) is 0 Å². The highest BCUT2D eigenvalue weighted by Crippen LogP contribution is 2.17. The van der Waals surface area contributed by atoms with Crippen molar-refractivity contribution >= 4 is 5.82 Å². The van der Waals surface area contributed by atoms with E-state index in [-0.39, 0.29) is 0 Å². The Hall–Kier alpha value is -1.35. The summed E-state index contributed by atoms with van der Waals surface area (Å²) < 4.78 is 0. The molecule has 0 radical (unpaired) electrons. The van der Waals surface area contributed by atoms with Crippen LogP contribution in [-0.4, -0.2) is 24.1 Å². The van der Waals surface area contributed by atoms with E-state index in [2.05, 4.69) is 48.6 Å².